The first-order valence-corrected chi connectivity index (χ1v) is 13.5. The molecule has 1 aliphatic rings. The molecule has 0 atom stereocenters. The molecule has 6 nitrogen and oxygen atoms in total. The third-order valence-corrected chi connectivity index (χ3v) is 7.56. The summed E-state index contributed by atoms with van der Waals surface area (Å²) in [5.74, 6) is 0.497. The van der Waals surface area contributed by atoms with Crippen molar-refractivity contribution < 1.29 is 13.9 Å². The Labute approximate surface area is 233 Å². The number of carbonyl (C=O) groups is 1. The molecule has 1 saturated heterocycles. The number of pyridine rings is 1. The fourth-order valence-electron chi connectivity index (χ4n) is 5.32. The lowest BCUT2D eigenvalue weighted by Crippen LogP contribution is -2.48. The zero-order chi connectivity index (χ0) is 27.6. The van der Waals surface area contributed by atoms with E-state index in [2.05, 4.69) is 52.8 Å². The minimum Gasteiger partial charge on any atom is -0.497 e. The average molecular weight is 535 g/mol. The third-order valence-electron chi connectivity index (χ3n) is 7.56. The van der Waals surface area contributed by atoms with Crippen molar-refractivity contribution in [2.75, 3.05) is 33.3 Å². The normalized spacial score (nSPS) is 14.0. The number of piperazine rings is 1. The first-order valence-electron chi connectivity index (χ1n) is 13.5. The largest absolute Gasteiger partial charge is 0.497 e. The van der Waals surface area contributed by atoms with Crippen LogP contribution in [0.5, 0.6) is 5.75 Å². The van der Waals surface area contributed by atoms with Gasteiger partial charge in [0, 0.05) is 50.0 Å². The summed E-state index contributed by atoms with van der Waals surface area (Å²) in [7, 11) is 1.62. The van der Waals surface area contributed by atoms with Gasteiger partial charge in [-0.15, -0.1) is 0 Å². The predicted molar refractivity (Wildman–Crippen MR) is 155 cm³/mol. The number of amides is 1. The van der Waals surface area contributed by atoms with E-state index in [1.54, 1.807) is 19.2 Å². The number of methoxy groups -OCH3 is 1. The zero-order valence-corrected chi connectivity index (χ0v) is 22.7. The monoisotopic (exact) mass is 534 g/mol. The summed E-state index contributed by atoms with van der Waals surface area (Å²) in [5.41, 5.74) is 7.75. The Kier molecular flexibility index (Phi) is 7.05. The maximum Gasteiger partial charge on any atom is 0.253 e. The number of benzene rings is 3. The van der Waals surface area contributed by atoms with E-state index < -0.39 is 0 Å². The van der Waals surface area contributed by atoms with Crippen LogP contribution in [0.15, 0.2) is 91.1 Å². The second-order valence-electron chi connectivity index (χ2n) is 10.2. The lowest BCUT2D eigenvalue weighted by Gasteiger charge is -2.34. The summed E-state index contributed by atoms with van der Waals surface area (Å²) in [5, 5.41) is 0. The van der Waals surface area contributed by atoms with Crippen LogP contribution < -0.4 is 4.74 Å². The van der Waals surface area contributed by atoms with Crippen LogP contribution in [0, 0.1) is 12.7 Å². The number of imidazole rings is 1. The number of rotatable bonds is 6. The molecule has 5 aromatic rings. The quantitative estimate of drug-likeness (QED) is 0.265. The van der Waals surface area contributed by atoms with Gasteiger partial charge < -0.3 is 14.0 Å². The number of hydrogen-bond acceptors (Lipinski definition) is 4. The molecule has 0 saturated carbocycles. The fraction of sp³-hybridized carbons (Fsp3) is 0.212. The highest BCUT2D eigenvalue weighted by Gasteiger charge is 2.25. The van der Waals surface area contributed by atoms with Crippen molar-refractivity contribution >= 4 is 11.6 Å². The zero-order valence-electron chi connectivity index (χ0n) is 22.7. The third kappa shape index (κ3) is 5.20. The van der Waals surface area contributed by atoms with Gasteiger partial charge in [-0.05, 0) is 78.7 Å². The molecular formula is C33H31FN4O2. The molecule has 3 aromatic carbocycles. The van der Waals surface area contributed by atoms with Crippen LogP contribution >= 0.6 is 0 Å². The molecule has 1 aliphatic heterocycles. The molecule has 7 heteroatoms. The number of aryl methyl sites for hydroxylation is 1. The average Bonchev–Trinajstić information content (AvgIpc) is 3.35. The van der Waals surface area contributed by atoms with Gasteiger partial charge in [-0.2, -0.15) is 0 Å². The van der Waals surface area contributed by atoms with Crippen LogP contribution in [0.2, 0.25) is 0 Å². The molecule has 0 aliphatic carbocycles. The molecule has 0 unspecified atom stereocenters. The molecule has 0 bridgehead atoms. The minimum atomic E-state index is -0.270. The Bertz CT molecular complexity index is 1650. The fourth-order valence-corrected chi connectivity index (χ4v) is 5.32. The molecule has 3 heterocycles. The summed E-state index contributed by atoms with van der Waals surface area (Å²) in [4.78, 5) is 22.3. The molecule has 202 valence electrons. The van der Waals surface area contributed by atoms with Gasteiger partial charge in [0.25, 0.3) is 5.91 Å². The van der Waals surface area contributed by atoms with Gasteiger partial charge in [0.05, 0.1) is 18.5 Å². The maximum absolute atomic E-state index is 13.7. The topological polar surface area (TPSA) is 50.1 Å². The Morgan fingerprint density at radius 3 is 2.30 bits per heavy atom. The van der Waals surface area contributed by atoms with E-state index in [1.165, 1.54) is 17.7 Å². The van der Waals surface area contributed by atoms with E-state index in [4.69, 9.17) is 9.72 Å². The summed E-state index contributed by atoms with van der Waals surface area (Å²) in [6.07, 6.45) is 2.14. The Hall–Kier alpha value is -4.49. The van der Waals surface area contributed by atoms with Crippen molar-refractivity contribution in [1.29, 1.82) is 0 Å². The molecule has 0 radical (unpaired) electrons. The number of carbonyl (C=O) groups excluding carboxylic acids is 1. The second-order valence-corrected chi connectivity index (χ2v) is 10.2. The lowest BCUT2D eigenvalue weighted by molar-refractivity contribution is 0.0627. The van der Waals surface area contributed by atoms with Gasteiger partial charge in [-0.25, -0.2) is 9.37 Å². The number of fused-ring (bicyclic) bond motifs is 1. The Morgan fingerprint density at radius 1 is 0.875 bits per heavy atom. The molecule has 0 N–H and O–H groups in total. The number of nitrogens with zero attached hydrogens (tertiary/aromatic N) is 4. The lowest BCUT2D eigenvalue weighted by atomic mass is 10.1. The van der Waals surface area contributed by atoms with Crippen LogP contribution in [0.3, 0.4) is 0 Å². The van der Waals surface area contributed by atoms with Gasteiger partial charge in [0.1, 0.15) is 17.2 Å². The highest BCUT2D eigenvalue weighted by molar-refractivity contribution is 5.94. The SMILES string of the molecule is COc1ccc(C(=O)N2CCN(Cc3c(-c4ccc(F)cc4)nc4ccc(-c5cccc(C)c5)cn34)CC2)cc1. The van der Waals surface area contributed by atoms with Crippen LogP contribution in [0.4, 0.5) is 4.39 Å². The van der Waals surface area contributed by atoms with Crippen molar-refractivity contribution in [3.8, 4) is 28.1 Å². The number of hydrogen-bond donors (Lipinski definition) is 0. The highest BCUT2D eigenvalue weighted by Crippen LogP contribution is 2.29. The van der Waals surface area contributed by atoms with Crippen molar-refractivity contribution in [3.05, 3.63) is 114 Å². The summed E-state index contributed by atoms with van der Waals surface area (Å²) in [6, 6.07) is 26.4. The Balaban J connectivity index is 1.28. The molecule has 0 spiro atoms. The minimum absolute atomic E-state index is 0.0342. The van der Waals surface area contributed by atoms with Gasteiger partial charge in [0.15, 0.2) is 0 Å². The van der Waals surface area contributed by atoms with Crippen molar-refractivity contribution in [2.45, 2.75) is 13.5 Å². The van der Waals surface area contributed by atoms with E-state index in [-0.39, 0.29) is 11.7 Å². The standard InChI is InChI=1S/C33H31FN4O2/c1-23-4-3-5-26(20-23)27-10-15-31-35-32(24-6-11-28(34)12-7-24)30(38(31)21-27)22-36-16-18-37(19-17-36)33(39)25-8-13-29(40-2)14-9-25/h3-15,20-21H,16-19,22H2,1-2H3. The maximum atomic E-state index is 13.7. The van der Waals surface area contributed by atoms with Crippen LogP contribution in [0.25, 0.3) is 28.0 Å². The molecule has 1 amide bonds. The number of aromatic nitrogens is 2. The van der Waals surface area contributed by atoms with E-state index in [9.17, 15) is 9.18 Å². The van der Waals surface area contributed by atoms with E-state index in [0.29, 0.717) is 25.2 Å². The molecule has 2 aromatic heterocycles. The number of ether oxygens (including phenoxy) is 1. The summed E-state index contributed by atoms with van der Waals surface area (Å²) < 4.78 is 21.1. The Morgan fingerprint density at radius 2 is 1.60 bits per heavy atom. The molecular weight excluding hydrogens is 503 g/mol. The summed E-state index contributed by atoms with van der Waals surface area (Å²) in [6.45, 7) is 5.53. The summed E-state index contributed by atoms with van der Waals surface area (Å²) >= 11 is 0. The van der Waals surface area contributed by atoms with E-state index in [1.807, 2.05) is 35.2 Å². The predicted octanol–water partition coefficient (Wildman–Crippen LogP) is 6.08. The second kappa shape index (κ2) is 10.9. The van der Waals surface area contributed by atoms with Crippen molar-refractivity contribution in [3.63, 3.8) is 0 Å². The van der Waals surface area contributed by atoms with Crippen LogP contribution in [0.1, 0.15) is 21.6 Å². The van der Waals surface area contributed by atoms with E-state index in [0.717, 1.165) is 52.6 Å². The number of halogens is 1. The van der Waals surface area contributed by atoms with Crippen molar-refractivity contribution in [2.24, 2.45) is 0 Å². The van der Waals surface area contributed by atoms with Gasteiger partial charge >= 0.3 is 0 Å². The molecule has 6 rings (SSSR count). The van der Waals surface area contributed by atoms with Crippen molar-refractivity contribution in [1.82, 2.24) is 19.2 Å². The van der Waals surface area contributed by atoms with Gasteiger partial charge in [-0.3, -0.25) is 9.69 Å². The first kappa shape index (κ1) is 25.8. The van der Waals surface area contributed by atoms with Gasteiger partial charge in [-0.1, -0.05) is 29.8 Å². The molecule has 40 heavy (non-hydrogen) atoms. The smallest absolute Gasteiger partial charge is 0.253 e. The highest BCUT2D eigenvalue weighted by atomic mass is 19.1. The van der Waals surface area contributed by atoms with Crippen LogP contribution in [-0.4, -0.2) is 58.4 Å². The van der Waals surface area contributed by atoms with E-state index >= 15 is 0 Å². The molecule has 1 fully saturated rings. The van der Waals surface area contributed by atoms with Crippen LogP contribution in [-0.2, 0) is 6.54 Å². The van der Waals surface area contributed by atoms with Gasteiger partial charge in [0.2, 0.25) is 0 Å². The first-order chi connectivity index (χ1) is 19.5.